The third-order valence-corrected chi connectivity index (χ3v) is 18.1. The van der Waals surface area contributed by atoms with Gasteiger partial charge in [-0.15, -0.1) is 23.3 Å². The Morgan fingerprint density at radius 3 is 0.912 bits per heavy atom. The predicted octanol–water partition coefficient (Wildman–Crippen LogP) is 13.1. The van der Waals surface area contributed by atoms with Crippen LogP contribution in [0.25, 0.3) is 43.1 Å². The number of fused-ring (bicyclic) bond motifs is 6. The van der Waals surface area contributed by atoms with Gasteiger partial charge in [0.25, 0.3) is 0 Å². The topological polar surface area (TPSA) is 0 Å². The average molecular weight is 1270 g/mol. The first kappa shape index (κ1) is 49.8. The molecule has 0 unspecified atom stereocenters. The van der Waals surface area contributed by atoms with Gasteiger partial charge in [-0.3, -0.25) is 11.8 Å². The van der Waals surface area contributed by atoms with Crippen molar-refractivity contribution in [2.75, 3.05) is 0 Å². The van der Waals surface area contributed by atoms with Crippen LogP contribution in [0.5, 0.6) is 0 Å². The molecule has 0 spiro atoms. The van der Waals surface area contributed by atoms with Crippen LogP contribution in [-0.4, -0.2) is 0 Å². The predicted molar refractivity (Wildman–Crippen MR) is 291 cm³/mol. The summed E-state index contributed by atoms with van der Waals surface area (Å²) in [7, 11) is -2.36. The maximum absolute atomic E-state index is 7.28. The fourth-order valence-corrected chi connectivity index (χ4v) is 15.1. The van der Waals surface area contributed by atoms with Gasteiger partial charge in [-0.1, -0.05) is 181 Å². The molecule has 334 valence electrons. The molecule has 0 saturated carbocycles. The van der Waals surface area contributed by atoms with Crippen LogP contribution in [0.4, 0.5) is 0 Å². The molecule has 0 amide bonds. The number of benzene rings is 11. The van der Waals surface area contributed by atoms with Gasteiger partial charge >= 0.3 is 44.8 Å². The molecule has 0 saturated heterocycles. The molecule has 0 N–H and O–H groups in total. The van der Waals surface area contributed by atoms with E-state index in [0.29, 0.717) is 0 Å². The van der Waals surface area contributed by atoms with Crippen molar-refractivity contribution >= 4 is 90.8 Å². The maximum atomic E-state index is 7.28. The van der Waals surface area contributed by atoms with Gasteiger partial charge in [0, 0.05) is 0 Å². The molecule has 4 heteroatoms. The molecular weight excluding hydrogens is 1220 g/mol. The zero-order chi connectivity index (χ0) is 45.2. The standard InChI is InChI=1S/C32H28P2.2C16H9.2Au/c1-25-23-31(33(27-15-7-3-8-16-27)28-17-9-4-10-18-28)32(24-26(25)2)34(29-19-11-5-12-20-29)30-21-13-6-14-22-30;2*1-2-12-7-5-9-16-14-8-4-3-6-13(14)10-11-15(12)16;;/h3-24H,1-2H3;2*3-11H;;/q;2*-1;2*+1/p+2. The van der Waals surface area contributed by atoms with Crippen molar-refractivity contribution in [3.05, 3.63) is 278 Å². The Kier molecular flexibility index (Phi) is 17.4. The summed E-state index contributed by atoms with van der Waals surface area (Å²) < 4.78 is 0. The van der Waals surface area contributed by atoms with E-state index in [0.717, 1.165) is 21.9 Å². The van der Waals surface area contributed by atoms with Crippen molar-refractivity contribution in [1.82, 2.24) is 0 Å². The second-order valence-electron chi connectivity index (χ2n) is 16.3. The van der Waals surface area contributed by atoms with Crippen molar-refractivity contribution in [3.63, 3.8) is 0 Å². The van der Waals surface area contributed by atoms with E-state index in [4.69, 9.17) is 12.8 Å². The maximum Gasteiger partial charge on any atom is 1.00 e. The number of rotatable bonds is 6. The van der Waals surface area contributed by atoms with Gasteiger partial charge in [-0.05, 0) is 118 Å². The van der Waals surface area contributed by atoms with Crippen LogP contribution in [0.2, 0.25) is 0 Å². The minimum Gasteiger partial charge on any atom is -0.366 e. The molecule has 0 atom stereocenters. The molecule has 68 heavy (non-hydrogen) atoms. The summed E-state index contributed by atoms with van der Waals surface area (Å²) in [6, 6.07) is 86.4. The Morgan fingerprint density at radius 1 is 0.294 bits per heavy atom. The second kappa shape index (κ2) is 23.8. The van der Waals surface area contributed by atoms with E-state index in [2.05, 4.69) is 220 Å². The van der Waals surface area contributed by atoms with Crippen LogP contribution in [0.1, 0.15) is 22.3 Å². The largest absolute Gasteiger partial charge is 1.00 e. The molecule has 11 rings (SSSR count). The van der Waals surface area contributed by atoms with Gasteiger partial charge in [0.1, 0.15) is 47.7 Å². The van der Waals surface area contributed by atoms with Crippen molar-refractivity contribution < 1.29 is 44.8 Å². The molecule has 0 fully saturated rings. The van der Waals surface area contributed by atoms with Gasteiger partial charge in [0.15, 0.2) is 0 Å². The van der Waals surface area contributed by atoms with E-state index in [1.165, 1.54) is 75.3 Å². The van der Waals surface area contributed by atoms with E-state index < -0.39 is 15.8 Å². The molecule has 11 aromatic carbocycles. The van der Waals surface area contributed by atoms with Crippen molar-refractivity contribution in [2.45, 2.75) is 13.8 Å². The molecular formula is C64H48Au2P2+2. The molecule has 0 radical (unpaired) electrons. The summed E-state index contributed by atoms with van der Waals surface area (Å²) >= 11 is 0. The molecule has 0 aliphatic heterocycles. The summed E-state index contributed by atoms with van der Waals surface area (Å²) in [5.74, 6) is 4.97. The van der Waals surface area contributed by atoms with Crippen LogP contribution < -0.4 is 31.8 Å². The summed E-state index contributed by atoms with van der Waals surface area (Å²) in [6.45, 7) is 4.52. The number of hydrogen-bond donors (Lipinski definition) is 0. The van der Waals surface area contributed by atoms with Crippen LogP contribution in [0.15, 0.2) is 243 Å². The van der Waals surface area contributed by atoms with Gasteiger partial charge in [-0.2, -0.15) is 0 Å². The van der Waals surface area contributed by atoms with Crippen LogP contribution in [-0.2, 0) is 44.8 Å². The number of aryl methyl sites for hydroxylation is 2. The molecule has 0 aliphatic rings. The smallest absolute Gasteiger partial charge is 0.366 e. The first-order chi connectivity index (χ1) is 32.5. The van der Waals surface area contributed by atoms with Crippen molar-refractivity contribution in [1.29, 1.82) is 0 Å². The van der Waals surface area contributed by atoms with E-state index in [1.54, 1.807) is 0 Å². The van der Waals surface area contributed by atoms with E-state index in [1.807, 2.05) is 48.5 Å². The molecule has 0 heterocycles. The summed E-state index contributed by atoms with van der Waals surface area (Å²) in [5.41, 5.74) is 4.44. The monoisotopic (exact) mass is 1270 g/mol. The van der Waals surface area contributed by atoms with Gasteiger partial charge in [0.2, 0.25) is 0 Å². The normalized spacial score (nSPS) is 10.5. The first-order valence-electron chi connectivity index (χ1n) is 22.3. The molecule has 0 aliphatic carbocycles. The second-order valence-corrected chi connectivity index (χ2v) is 21.2. The zero-order valence-corrected chi connectivity index (χ0v) is 44.0. The Bertz CT molecular complexity index is 3210. The number of hydrogen-bond acceptors (Lipinski definition) is 0. The van der Waals surface area contributed by atoms with Crippen LogP contribution >= 0.6 is 15.8 Å². The minimum absolute atomic E-state index is 0. The Hall–Kier alpha value is -6.08. The Balaban J connectivity index is 0.000000167. The average Bonchev–Trinajstić information content (AvgIpc) is 3.39. The third kappa shape index (κ3) is 10.9. The summed E-state index contributed by atoms with van der Waals surface area (Å²) in [6.07, 6.45) is 14.6. The third-order valence-electron chi connectivity index (χ3n) is 12.3. The van der Waals surface area contributed by atoms with E-state index in [9.17, 15) is 0 Å². The Morgan fingerprint density at radius 2 is 0.588 bits per heavy atom. The molecule has 11 aromatic rings. The Labute approximate surface area is 435 Å². The van der Waals surface area contributed by atoms with Crippen molar-refractivity contribution in [2.24, 2.45) is 0 Å². The van der Waals surface area contributed by atoms with Gasteiger partial charge < -0.3 is 12.8 Å². The molecule has 0 bridgehead atoms. The quantitative estimate of drug-likeness (QED) is 0.0512. The molecule has 0 aromatic heterocycles. The fourth-order valence-electron chi connectivity index (χ4n) is 8.90. The van der Waals surface area contributed by atoms with Gasteiger partial charge in [-0.25, -0.2) is 0 Å². The molecule has 0 nitrogen and oxygen atoms in total. The first-order valence-corrected chi connectivity index (χ1v) is 25.3. The summed E-state index contributed by atoms with van der Waals surface area (Å²) in [4.78, 5) is 0. The SMILES string of the molecule is Cc1cc([PH+](c2ccccc2)c2ccccc2)c([PH+](c2ccccc2)c2ccccc2)cc1C.[Au+].[Au+].[C-]#Cc1cccc2c1ccc1ccccc12.[C-]#Cc1cccc2c1ccc1ccccc12. The zero-order valence-electron chi connectivity index (χ0n) is 37.7. The fraction of sp³-hybridized carbons (Fsp3) is 0.0312. The van der Waals surface area contributed by atoms with Gasteiger partial charge in [0.05, 0.1) is 0 Å². The van der Waals surface area contributed by atoms with E-state index in [-0.39, 0.29) is 44.8 Å². The minimum atomic E-state index is -1.18. The van der Waals surface area contributed by atoms with Crippen LogP contribution in [0.3, 0.4) is 0 Å². The summed E-state index contributed by atoms with van der Waals surface area (Å²) in [5, 5.41) is 18.3. The van der Waals surface area contributed by atoms with E-state index >= 15 is 0 Å². The van der Waals surface area contributed by atoms with Crippen molar-refractivity contribution in [3.8, 4) is 11.8 Å². The van der Waals surface area contributed by atoms with Crippen LogP contribution in [0, 0.1) is 38.5 Å².